The molecule has 2 N–H and O–H groups in total. The number of hydrogen-bond donors (Lipinski definition) is 1. The molecule has 3 aliphatic rings. The number of hydrogen-bond acceptors (Lipinski definition) is 4. The number of benzene rings is 2. The van der Waals surface area contributed by atoms with Gasteiger partial charge in [-0.1, -0.05) is 46.3 Å². The number of carbonyl (C=O) groups excluding carboxylic acids is 3. The van der Waals surface area contributed by atoms with Crippen molar-refractivity contribution in [2.75, 3.05) is 4.90 Å². The summed E-state index contributed by atoms with van der Waals surface area (Å²) >= 11 is 3.38. The predicted octanol–water partition coefficient (Wildman–Crippen LogP) is 2.45. The van der Waals surface area contributed by atoms with Crippen LogP contribution in [0.3, 0.4) is 0 Å². The van der Waals surface area contributed by atoms with Crippen LogP contribution in [0.15, 0.2) is 59.2 Å². The summed E-state index contributed by atoms with van der Waals surface area (Å²) in [6.07, 6.45) is 3.68. The molecule has 2 aromatic rings. The van der Waals surface area contributed by atoms with Gasteiger partial charge >= 0.3 is 0 Å². The van der Waals surface area contributed by atoms with E-state index in [0.29, 0.717) is 5.69 Å². The molecule has 0 radical (unpaired) electrons. The summed E-state index contributed by atoms with van der Waals surface area (Å²) in [5.74, 6) is -2.73. The lowest BCUT2D eigenvalue weighted by Gasteiger charge is -2.34. The van der Waals surface area contributed by atoms with Crippen molar-refractivity contribution in [3.05, 3.63) is 70.3 Å². The summed E-state index contributed by atoms with van der Waals surface area (Å²) < 4.78 is 0.765. The maximum atomic E-state index is 13.4. The van der Waals surface area contributed by atoms with Crippen LogP contribution in [-0.2, 0) is 14.4 Å². The van der Waals surface area contributed by atoms with Gasteiger partial charge in [0.15, 0.2) is 0 Å². The van der Waals surface area contributed by atoms with Crippen LogP contribution in [0.2, 0.25) is 0 Å². The van der Waals surface area contributed by atoms with E-state index in [4.69, 9.17) is 5.73 Å². The van der Waals surface area contributed by atoms with Crippen molar-refractivity contribution in [1.29, 1.82) is 0 Å². The first kappa shape index (κ1) is 17.2. The Hall–Kier alpha value is -2.93. The molecule has 3 heterocycles. The molecule has 3 aliphatic heterocycles. The minimum absolute atomic E-state index is 0.294. The average Bonchev–Trinajstić information content (AvgIpc) is 3.15. The molecule has 4 atom stereocenters. The van der Waals surface area contributed by atoms with Crippen molar-refractivity contribution in [3.8, 4) is 0 Å². The van der Waals surface area contributed by atoms with E-state index in [1.807, 2.05) is 36.4 Å². The first-order valence-corrected chi connectivity index (χ1v) is 9.75. The number of imide groups is 1. The van der Waals surface area contributed by atoms with Gasteiger partial charge in [0, 0.05) is 10.7 Å². The highest BCUT2D eigenvalue weighted by Gasteiger charge is 2.64. The van der Waals surface area contributed by atoms with Gasteiger partial charge in [-0.25, -0.2) is 4.90 Å². The fourth-order valence-corrected chi connectivity index (χ4v) is 5.14. The summed E-state index contributed by atoms with van der Waals surface area (Å²) in [6, 6.07) is 13.5. The number of carbonyl (C=O) groups is 3. The monoisotopic (exact) mass is 437 g/mol. The highest BCUT2D eigenvalue weighted by Crippen LogP contribution is 2.53. The smallest absolute Gasteiger partial charge is 0.240 e. The van der Waals surface area contributed by atoms with Crippen molar-refractivity contribution >= 4 is 45.4 Å². The zero-order chi connectivity index (χ0) is 19.6. The Bertz CT molecular complexity index is 1070. The van der Waals surface area contributed by atoms with Gasteiger partial charge in [-0.2, -0.15) is 0 Å². The van der Waals surface area contributed by atoms with E-state index in [1.54, 1.807) is 29.3 Å². The van der Waals surface area contributed by atoms with Crippen molar-refractivity contribution in [2.45, 2.75) is 12.1 Å². The van der Waals surface area contributed by atoms with Crippen molar-refractivity contribution < 1.29 is 14.4 Å². The number of nitrogens with zero attached hydrogens (tertiary/aromatic N) is 2. The SMILES string of the molecule is NC(=O)[C@@H]1[C@@H]2C(=O)N(c3cccc(Br)c3)C(=O)[C@H]2[C@@H]2c3ccccc3C=CN12. The Morgan fingerprint density at radius 2 is 1.75 bits per heavy atom. The Balaban J connectivity index is 1.66. The molecule has 0 aliphatic carbocycles. The number of fused-ring (bicyclic) bond motifs is 5. The Labute approximate surface area is 169 Å². The molecule has 0 aromatic heterocycles. The summed E-state index contributed by atoms with van der Waals surface area (Å²) in [5.41, 5.74) is 8.10. The molecule has 3 amide bonds. The van der Waals surface area contributed by atoms with Gasteiger partial charge in [-0.3, -0.25) is 14.4 Å². The van der Waals surface area contributed by atoms with E-state index in [0.717, 1.165) is 15.6 Å². The van der Waals surface area contributed by atoms with E-state index in [1.165, 1.54) is 4.90 Å². The molecule has 28 heavy (non-hydrogen) atoms. The van der Waals surface area contributed by atoms with Gasteiger partial charge < -0.3 is 10.6 Å². The topological polar surface area (TPSA) is 83.7 Å². The van der Waals surface area contributed by atoms with Crippen LogP contribution in [0.4, 0.5) is 5.69 Å². The van der Waals surface area contributed by atoms with Gasteiger partial charge in [0.25, 0.3) is 0 Å². The lowest BCUT2D eigenvalue weighted by molar-refractivity contribution is -0.129. The Morgan fingerprint density at radius 1 is 1.00 bits per heavy atom. The van der Waals surface area contributed by atoms with Gasteiger partial charge in [-0.15, -0.1) is 0 Å². The third-order valence-corrected chi connectivity index (χ3v) is 6.31. The number of nitrogens with two attached hydrogens (primary N) is 1. The first-order valence-electron chi connectivity index (χ1n) is 8.96. The number of anilines is 1. The lowest BCUT2D eigenvalue weighted by atomic mass is 9.84. The van der Waals surface area contributed by atoms with Crippen LogP contribution in [0.1, 0.15) is 17.2 Å². The second kappa shape index (κ2) is 6.04. The fourth-order valence-electron chi connectivity index (χ4n) is 4.75. The zero-order valence-electron chi connectivity index (χ0n) is 14.7. The third-order valence-electron chi connectivity index (χ3n) is 5.82. The molecule has 140 valence electrons. The largest absolute Gasteiger partial charge is 0.368 e. The third kappa shape index (κ3) is 2.22. The standard InChI is InChI=1S/C21H16BrN3O3/c22-12-5-3-6-13(10-12)25-20(27)15-16(21(25)28)18(19(23)26)24-9-8-11-4-1-2-7-14(11)17(15)24/h1-10,15-18H,(H2,23,26)/t15-,16-,17+,18+/m1/s1. The molecule has 2 saturated heterocycles. The van der Waals surface area contributed by atoms with E-state index < -0.39 is 29.8 Å². The van der Waals surface area contributed by atoms with Crippen LogP contribution in [-0.4, -0.2) is 28.7 Å². The molecule has 6 nitrogen and oxygen atoms in total. The zero-order valence-corrected chi connectivity index (χ0v) is 16.2. The van der Waals surface area contributed by atoms with Crippen LogP contribution >= 0.6 is 15.9 Å². The summed E-state index contributed by atoms with van der Waals surface area (Å²) in [7, 11) is 0. The molecule has 5 rings (SSSR count). The average molecular weight is 438 g/mol. The molecule has 2 aromatic carbocycles. The van der Waals surface area contributed by atoms with E-state index >= 15 is 0 Å². The van der Waals surface area contributed by atoms with Crippen LogP contribution in [0.25, 0.3) is 6.08 Å². The molecule has 0 bridgehead atoms. The molecular weight excluding hydrogens is 422 g/mol. The van der Waals surface area contributed by atoms with E-state index in [-0.39, 0.29) is 11.8 Å². The molecular formula is C21H16BrN3O3. The van der Waals surface area contributed by atoms with Crippen LogP contribution in [0, 0.1) is 11.8 Å². The molecule has 7 heteroatoms. The fraction of sp³-hybridized carbons (Fsp3) is 0.190. The highest BCUT2D eigenvalue weighted by atomic mass is 79.9. The summed E-state index contributed by atoms with van der Waals surface area (Å²) in [6.45, 7) is 0. The van der Waals surface area contributed by atoms with Gasteiger partial charge in [0.1, 0.15) is 6.04 Å². The second-order valence-corrected chi connectivity index (χ2v) is 8.14. The maximum Gasteiger partial charge on any atom is 0.240 e. The highest BCUT2D eigenvalue weighted by molar-refractivity contribution is 9.10. The predicted molar refractivity (Wildman–Crippen MR) is 107 cm³/mol. The Kier molecular flexibility index (Phi) is 3.71. The minimum Gasteiger partial charge on any atom is -0.368 e. The number of halogens is 1. The Morgan fingerprint density at radius 3 is 2.50 bits per heavy atom. The minimum atomic E-state index is -0.854. The summed E-state index contributed by atoms with van der Waals surface area (Å²) in [4.78, 5) is 42.0. The molecule has 0 spiro atoms. The number of primary amides is 1. The van der Waals surface area contributed by atoms with Gasteiger partial charge in [-0.05, 0) is 35.4 Å². The maximum absolute atomic E-state index is 13.4. The summed E-state index contributed by atoms with van der Waals surface area (Å²) in [5, 5.41) is 0. The van der Waals surface area contributed by atoms with Gasteiger partial charge in [0.2, 0.25) is 17.7 Å². The number of amides is 3. The van der Waals surface area contributed by atoms with E-state index in [9.17, 15) is 14.4 Å². The molecule has 0 unspecified atom stereocenters. The number of rotatable bonds is 2. The quantitative estimate of drug-likeness (QED) is 0.731. The normalized spacial score (nSPS) is 27.6. The second-order valence-electron chi connectivity index (χ2n) is 7.23. The van der Waals surface area contributed by atoms with Gasteiger partial charge in [0.05, 0.1) is 23.6 Å². The first-order chi connectivity index (χ1) is 13.5. The molecule has 0 saturated carbocycles. The van der Waals surface area contributed by atoms with Crippen LogP contribution in [0.5, 0.6) is 0 Å². The van der Waals surface area contributed by atoms with Crippen molar-refractivity contribution in [3.63, 3.8) is 0 Å². The van der Waals surface area contributed by atoms with Crippen molar-refractivity contribution in [2.24, 2.45) is 17.6 Å². The van der Waals surface area contributed by atoms with Crippen molar-refractivity contribution in [1.82, 2.24) is 4.90 Å². The van der Waals surface area contributed by atoms with Crippen LogP contribution < -0.4 is 10.6 Å². The molecule has 2 fully saturated rings. The van der Waals surface area contributed by atoms with E-state index in [2.05, 4.69) is 15.9 Å². The lowest BCUT2D eigenvalue weighted by Crippen LogP contribution is -2.46.